The van der Waals surface area contributed by atoms with E-state index in [-0.39, 0.29) is 0 Å². The molecule has 2 aromatic heterocycles. The molecule has 0 saturated carbocycles. The zero-order valence-electron chi connectivity index (χ0n) is 13.8. The van der Waals surface area contributed by atoms with Crippen molar-refractivity contribution in [3.8, 4) is 17.2 Å². The van der Waals surface area contributed by atoms with Gasteiger partial charge in [-0.15, -0.1) is 5.10 Å². The Hall–Kier alpha value is -2.35. The van der Waals surface area contributed by atoms with Gasteiger partial charge in [-0.3, -0.25) is 0 Å². The summed E-state index contributed by atoms with van der Waals surface area (Å²) in [6.07, 6.45) is 1.67. The molecule has 8 heteroatoms. The molecule has 0 aliphatic carbocycles. The molecule has 126 valence electrons. The van der Waals surface area contributed by atoms with E-state index in [4.69, 9.17) is 9.15 Å². The number of nitrogens with zero attached hydrogens (tertiary/aromatic N) is 5. The molecule has 0 aliphatic rings. The highest BCUT2D eigenvalue weighted by atomic mass is 32.2. The average molecular weight is 345 g/mol. The lowest BCUT2D eigenvalue weighted by Crippen LogP contribution is -2.07. The molecular formula is C16H19N5O2S. The third kappa shape index (κ3) is 3.94. The van der Waals surface area contributed by atoms with Gasteiger partial charge < -0.3 is 9.15 Å². The van der Waals surface area contributed by atoms with Crippen molar-refractivity contribution in [2.45, 2.75) is 31.3 Å². The van der Waals surface area contributed by atoms with Gasteiger partial charge in [-0.2, -0.15) is 0 Å². The van der Waals surface area contributed by atoms with E-state index < -0.39 is 0 Å². The number of ether oxygens (including phenoxy) is 1. The van der Waals surface area contributed by atoms with Crippen LogP contribution in [-0.2, 0) is 12.3 Å². The van der Waals surface area contributed by atoms with Gasteiger partial charge in [0.1, 0.15) is 12.0 Å². The first-order valence-electron chi connectivity index (χ1n) is 7.63. The number of oxazole rings is 1. The first kappa shape index (κ1) is 16.5. The summed E-state index contributed by atoms with van der Waals surface area (Å²) in [5, 5.41) is 12.6. The van der Waals surface area contributed by atoms with E-state index in [1.165, 1.54) is 0 Å². The maximum Gasteiger partial charge on any atom is 0.226 e. The summed E-state index contributed by atoms with van der Waals surface area (Å²) in [6.45, 7) is 5.06. The van der Waals surface area contributed by atoms with Crippen molar-refractivity contribution in [2.75, 3.05) is 7.11 Å². The fourth-order valence-electron chi connectivity index (χ4n) is 2.14. The standard InChI is InChI=1S/C16H19N5O2S/c1-11(2)8-21-16(18-19-20-21)24-10-13-9-23-15(17-13)12-4-6-14(22-3)7-5-12/h4-7,9,11H,8,10H2,1-3H3. The highest BCUT2D eigenvalue weighted by Gasteiger charge is 2.11. The molecule has 0 unspecified atom stereocenters. The molecule has 0 N–H and O–H groups in total. The second-order valence-corrected chi connectivity index (χ2v) is 6.64. The van der Waals surface area contributed by atoms with Gasteiger partial charge in [0.25, 0.3) is 0 Å². The van der Waals surface area contributed by atoms with Crippen LogP contribution < -0.4 is 4.74 Å². The maximum absolute atomic E-state index is 5.57. The van der Waals surface area contributed by atoms with Crippen LogP contribution in [0.1, 0.15) is 19.5 Å². The molecule has 7 nitrogen and oxygen atoms in total. The van der Waals surface area contributed by atoms with Crippen molar-refractivity contribution in [3.05, 3.63) is 36.2 Å². The smallest absolute Gasteiger partial charge is 0.226 e. The number of tetrazole rings is 1. The lowest BCUT2D eigenvalue weighted by Gasteiger charge is -2.05. The molecule has 2 heterocycles. The Labute approximate surface area is 144 Å². The molecule has 0 spiro atoms. The molecule has 0 aliphatic heterocycles. The number of aromatic nitrogens is 5. The van der Waals surface area contributed by atoms with E-state index in [0.717, 1.165) is 28.7 Å². The van der Waals surface area contributed by atoms with Crippen LogP contribution in [0.2, 0.25) is 0 Å². The Morgan fingerprint density at radius 3 is 2.75 bits per heavy atom. The maximum atomic E-state index is 5.57. The highest BCUT2D eigenvalue weighted by Crippen LogP contribution is 2.25. The van der Waals surface area contributed by atoms with Crippen LogP contribution in [0.4, 0.5) is 0 Å². The predicted octanol–water partition coefficient (Wildman–Crippen LogP) is 3.29. The van der Waals surface area contributed by atoms with E-state index in [9.17, 15) is 0 Å². The number of thioether (sulfide) groups is 1. The molecule has 1 aromatic carbocycles. The summed E-state index contributed by atoms with van der Waals surface area (Å²) >= 11 is 1.55. The van der Waals surface area contributed by atoms with Gasteiger partial charge in [0.05, 0.1) is 12.8 Å². The van der Waals surface area contributed by atoms with Crippen molar-refractivity contribution in [1.29, 1.82) is 0 Å². The van der Waals surface area contributed by atoms with Gasteiger partial charge in [0.2, 0.25) is 11.0 Å². The molecule has 0 saturated heterocycles. The van der Waals surface area contributed by atoms with Crippen LogP contribution in [0.3, 0.4) is 0 Å². The molecule has 0 atom stereocenters. The van der Waals surface area contributed by atoms with Gasteiger partial charge in [0, 0.05) is 17.9 Å². The van der Waals surface area contributed by atoms with Gasteiger partial charge in [-0.25, -0.2) is 9.67 Å². The predicted molar refractivity (Wildman–Crippen MR) is 90.7 cm³/mol. The number of hydrogen-bond donors (Lipinski definition) is 0. The Morgan fingerprint density at radius 1 is 1.25 bits per heavy atom. The number of methoxy groups -OCH3 is 1. The Morgan fingerprint density at radius 2 is 2.04 bits per heavy atom. The summed E-state index contributed by atoms with van der Waals surface area (Å²) in [5.41, 5.74) is 1.77. The van der Waals surface area contributed by atoms with E-state index in [0.29, 0.717) is 17.6 Å². The summed E-state index contributed by atoms with van der Waals surface area (Å²) in [4.78, 5) is 4.52. The Kier molecular flexibility index (Phi) is 5.14. The van der Waals surface area contributed by atoms with Crippen LogP contribution >= 0.6 is 11.8 Å². The van der Waals surface area contributed by atoms with Gasteiger partial charge in [0.15, 0.2) is 0 Å². The first-order chi connectivity index (χ1) is 11.7. The molecule has 0 fully saturated rings. The molecule has 0 bridgehead atoms. The molecule has 3 aromatic rings. The van der Waals surface area contributed by atoms with Crippen LogP contribution in [0, 0.1) is 5.92 Å². The lowest BCUT2D eigenvalue weighted by atomic mass is 10.2. The normalized spacial score (nSPS) is 11.2. The monoisotopic (exact) mass is 345 g/mol. The summed E-state index contributed by atoms with van der Waals surface area (Å²) in [5.74, 6) is 2.53. The van der Waals surface area contributed by atoms with Crippen LogP contribution in [0.15, 0.2) is 40.1 Å². The van der Waals surface area contributed by atoms with Crippen molar-refractivity contribution in [1.82, 2.24) is 25.2 Å². The second-order valence-electron chi connectivity index (χ2n) is 5.70. The minimum Gasteiger partial charge on any atom is -0.497 e. The fourth-order valence-corrected chi connectivity index (χ4v) is 2.90. The Bertz CT molecular complexity index is 782. The molecule has 0 radical (unpaired) electrons. The average Bonchev–Trinajstić information content (AvgIpc) is 3.22. The zero-order valence-corrected chi connectivity index (χ0v) is 14.7. The van der Waals surface area contributed by atoms with E-state index in [2.05, 4.69) is 34.4 Å². The van der Waals surface area contributed by atoms with E-state index in [1.54, 1.807) is 25.1 Å². The summed E-state index contributed by atoms with van der Waals surface area (Å²) in [7, 11) is 1.64. The van der Waals surface area contributed by atoms with Crippen LogP contribution in [0.25, 0.3) is 11.5 Å². The van der Waals surface area contributed by atoms with E-state index in [1.807, 2.05) is 28.9 Å². The second kappa shape index (κ2) is 7.48. The largest absolute Gasteiger partial charge is 0.497 e. The third-order valence-electron chi connectivity index (χ3n) is 3.27. The van der Waals surface area contributed by atoms with Crippen LogP contribution in [-0.4, -0.2) is 32.3 Å². The number of benzene rings is 1. The molecule has 0 amide bonds. The van der Waals surface area contributed by atoms with Gasteiger partial charge in [-0.05, 0) is 40.6 Å². The van der Waals surface area contributed by atoms with Crippen molar-refractivity contribution >= 4 is 11.8 Å². The van der Waals surface area contributed by atoms with E-state index >= 15 is 0 Å². The molecular weight excluding hydrogens is 326 g/mol. The summed E-state index contributed by atoms with van der Waals surface area (Å²) in [6, 6.07) is 7.61. The number of rotatable bonds is 7. The van der Waals surface area contributed by atoms with Crippen LogP contribution in [0.5, 0.6) is 5.75 Å². The highest BCUT2D eigenvalue weighted by molar-refractivity contribution is 7.98. The third-order valence-corrected chi connectivity index (χ3v) is 4.27. The van der Waals surface area contributed by atoms with Crippen molar-refractivity contribution < 1.29 is 9.15 Å². The van der Waals surface area contributed by atoms with Gasteiger partial charge >= 0.3 is 0 Å². The summed E-state index contributed by atoms with van der Waals surface area (Å²) < 4.78 is 12.5. The first-order valence-corrected chi connectivity index (χ1v) is 8.62. The minimum absolute atomic E-state index is 0.488. The van der Waals surface area contributed by atoms with Crippen molar-refractivity contribution in [2.24, 2.45) is 5.92 Å². The number of hydrogen-bond acceptors (Lipinski definition) is 7. The van der Waals surface area contributed by atoms with Crippen molar-refractivity contribution in [3.63, 3.8) is 0 Å². The van der Waals surface area contributed by atoms with Gasteiger partial charge in [-0.1, -0.05) is 25.6 Å². The quantitative estimate of drug-likeness (QED) is 0.608. The zero-order chi connectivity index (χ0) is 16.9. The Balaban J connectivity index is 1.65. The molecule has 3 rings (SSSR count). The fraction of sp³-hybridized carbons (Fsp3) is 0.375. The minimum atomic E-state index is 0.488. The lowest BCUT2D eigenvalue weighted by molar-refractivity contribution is 0.415. The molecule has 24 heavy (non-hydrogen) atoms. The SMILES string of the molecule is COc1ccc(-c2nc(CSc3nnnn3CC(C)C)co2)cc1. The topological polar surface area (TPSA) is 78.9 Å².